The highest BCUT2D eigenvalue weighted by Gasteiger charge is 2.19. The molecule has 19 heavy (non-hydrogen) atoms. The summed E-state index contributed by atoms with van der Waals surface area (Å²) in [5, 5.41) is 11.6. The number of carbonyl (C=O) groups excluding carboxylic acids is 1. The summed E-state index contributed by atoms with van der Waals surface area (Å²) in [6.45, 7) is 0.289. The minimum atomic E-state index is -1.01. The van der Waals surface area contributed by atoms with Crippen LogP contribution in [0.25, 0.3) is 0 Å². The molecule has 0 saturated carbocycles. The zero-order chi connectivity index (χ0) is 14.1. The van der Waals surface area contributed by atoms with E-state index < -0.39 is 12.0 Å². The first-order valence-corrected chi connectivity index (χ1v) is 6.18. The lowest BCUT2D eigenvalue weighted by atomic mass is 10.1. The molecule has 1 atom stereocenters. The first kappa shape index (κ1) is 15.2. The lowest BCUT2D eigenvalue weighted by Crippen LogP contribution is -2.41. The molecule has 0 spiro atoms. The van der Waals surface area contributed by atoms with Crippen LogP contribution in [-0.2, 0) is 20.7 Å². The summed E-state index contributed by atoms with van der Waals surface area (Å²) in [4.78, 5) is 22.6. The molecule has 5 heteroatoms. The Balaban J connectivity index is 2.45. The minimum Gasteiger partial charge on any atom is -0.480 e. The summed E-state index contributed by atoms with van der Waals surface area (Å²) >= 11 is 0. The third-order valence-electron chi connectivity index (χ3n) is 2.73. The quantitative estimate of drug-likeness (QED) is 0.741. The molecule has 104 valence electrons. The summed E-state index contributed by atoms with van der Waals surface area (Å²) in [6.07, 6.45) is 1.16. The third-order valence-corrected chi connectivity index (χ3v) is 2.73. The number of hydrogen-bond acceptors (Lipinski definition) is 3. The largest absolute Gasteiger partial charge is 0.480 e. The van der Waals surface area contributed by atoms with Crippen molar-refractivity contribution in [3.05, 3.63) is 35.9 Å². The average Bonchev–Trinajstić information content (AvgIpc) is 2.42. The lowest BCUT2D eigenvalue weighted by Gasteiger charge is -2.14. The minimum absolute atomic E-state index is 0.172. The number of aryl methyl sites for hydroxylation is 1. The number of carbonyl (C=O) groups is 2. The van der Waals surface area contributed by atoms with E-state index in [2.05, 4.69) is 5.32 Å². The van der Waals surface area contributed by atoms with Crippen molar-refractivity contribution >= 4 is 11.9 Å². The van der Waals surface area contributed by atoms with Gasteiger partial charge >= 0.3 is 5.97 Å². The Labute approximate surface area is 112 Å². The molecule has 0 heterocycles. The lowest BCUT2D eigenvalue weighted by molar-refractivity contribution is -0.142. The number of ether oxygens (including phenoxy) is 1. The van der Waals surface area contributed by atoms with Gasteiger partial charge in [-0.1, -0.05) is 30.3 Å². The van der Waals surface area contributed by atoms with Crippen molar-refractivity contribution in [3.8, 4) is 0 Å². The first-order valence-electron chi connectivity index (χ1n) is 6.18. The highest BCUT2D eigenvalue weighted by molar-refractivity contribution is 5.83. The maximum absolute atomic E-state index is 11.5. The van der Waals surface area contributed by atoms with Crippen LogP contribution in [0.15, 0.2) is 30.3 Å². The van der Waals surface area contributed by atoms with Crippen molar-refractivity contribution in [2.24, 2.45) is 0 Å². The van der Waals surface area contributed by atoms with Gasteiger partial charge in [0.25, 0.3) is 0 Å². The van der Waals surface area contributed by atoms with E-state index >= 15 is 0 Å². The molecule has 0 aliphatic rings. The van der Waals surface area contributed by atoms with Crippen molar-refractivity contribution in [2.45, 2.75) is 25.3 Å². The van der Waals surface area contributed by atoms with Crippen LogP contribution in [0, 0.1) is 0 Å². The fourth-order valence-electron chi connectivity index (χ4n) is 1.67. The number of hydrogen-bond donors (Lipinski definition) is 2. The molecule has 1 aromatic carbocycles. The van der Waals surface area contributed by atoms with E-state index in [-0.39, 0.29) is 18.9 Å². The maximum atomic E-state index is 11.5. The zero-order valence-electron chi connectivity index (χ0n) is 11.0. The van der Waals surface area contributed by atoms with Crippen LogP contribution in [0.1, 0.15) is 18.4 Å². The molecule has 0 fully saturated rings. The van der Waals surface area contributed by atoms with Gasteiger partial charge in [-0.25, -0.2) is 4.79 Å². The van der Waals surface area contributed by atoms with Crippen molar-refractivity contribution in [1.29, 1.82) is 0 Å². The molecule has 0 unspecified atom stereocenters. The Hall–Kier alpha value is -1.88. The van der Waals surface area contributed by atoms with Crippen LogP contribution in [0.3, 0.4) is 0 Å². The smallest absolute Gasteiger partial charge is 0.326 e. The molecular weight excluding hydrogens is 246 g/mol. The molecule has 0 saturated heterocycles. The number of rotatable bonds is 8. The normalized spacial score (nSPS) is 11.8. The number of aliphatic carboxylic acids is 1. The van der Waals surface area contributed by atoms with Crippen LogP contribution >= 0.6 is 0 Å². The first-order chi connectivity index (χ1) is 9.13. The number of nitrogens with one attached hydrogen (secondary N) is 1. The van der Waals surface area contributed by atoms with Gasteiger partial charge in [-0.2, -0.15) is 0 Å². The second-order valence-electron chi connectivity index (χ2n) is 4.23. The van der Waals surface area contributed by atoms with E-state index in [1.54, 1.807) is 0 Å². The van der Waals surface area contributed by atoms with Crippen molar-refractivity contribution in [2.75, 3.05) is 13.7 Å². The summed E-state index contributed by atoms with van der Waals surface area (Å²) in [7, 11) is 1.50. The van der Waals surface area contributed by atoms with E-state index in [0.717, 1.165) is 5.56 Å². The van der Waals surface area contributed by atoms with Crippen LogP contribution in [-0.4, -0.2) is 36.7 Å². The van der Waals surface area contributed by atoms with Gasteiger partial charge in [-0.05, 0) is 18.4 Å². The van der Waals surface area contributed by atoms with Gasteiger partial charge in [0.05, 0.1) is 6.61 Å². The Bertz CT molecular complexity index is 405. The summed E-state index contributed by atoms with van der Waals surface area (Å²) in [5.41, 5.74) is 1.06. The molecule has 0 aliphatic carbocycles. The predicted octanol–water partition coefficient (Wildman–Crippen LogP) is 1.23. The molecule has 1 rings (SSSR count). The van der Waals surface area contributed by atoms with E-state index in [1.165, 1.54) is 7.11 Å². The van der Waals surface area contributed by atoms with Crippen molar-refractivity contribution < 1.29 is 19.4 Å². The molecule has 1 aromatic rings. The molecule has 5 nitrogen and oxygen atoms in total. The van der Waals surface area contributed by atoms with E-state index in [4.69, 9.17) is 9.84 Å². The van der Waals surface area contributed by atoms with Gasteiger partial charge in [0.2, 0.25) is 5.91 Å². The van der Waals surface area contributed by atoms with Gasteiger partial charge in [0.15, 0.2) is 0 Å². The Morgan fingerprint density at radius 1 is 1.32 bits per heavy atom. The monoisotopic (exact) mass is 265 g/mol. The Morgan fingerprint density at radius 3 is 2.58 bits per heavy atom. The number of amides is 1. The second kappa shape index (κ2) is 8.26. The van der Waals surface area contributed by atoms with E-state index in [9.17, 15) is 9.59 Å². The van der Waals surface area contributed by atoms with Gasteiger partial charge in [0, 0.05) is 13.5 Å². The van der Waals surface area contributed by atoms with Crippen LogP contribution in [0.2, 0.25) is 0 Å². The molecule has 0 bridgehead atoms. The standard InChI is InChI=1S/C14H19NO4/c1-19-10-9-13(16)15-12(14(17)18)8-7-11-5-3-2-4-6-11/h2-6,12H,7-10H2,1H3,(H,15,16)(H,17,18)/t12-/m0/s1. The highest BCUT2D eigenvalue weighted by Crippen LogP contribution is 2.05. The molecule has 0 radical (unpaired) electrons. The van der Waals surface area contributed by atoms with Crippen LogP contribution in [0.4, 0.5) is 0 Å². The number of benzene rings is 1. The van der Waals surface area contributed by atoms with Crippen molar-refractivity contribution in [1.82, 2.24) is 5.32 Å². The molecule has 0 aliphatic heterocycles. The molecular formula is C14H19NO4. The number of methoxy groups -OCH3 is 1. The summed E-state index contributed by atoms with van der Waals surface area (Å²) in [6, 6.07) is 8.73. The van der Waals surface area contributed by atoms with Gasteiger partial charge < -0.3 is 15.2 Å². The van der Waals surface area contributed by atoms with Gasteiger partial charge in [0.1, 0.15) is 6.04 Å². The number of carboxylic acid groups (broad SMARTS) is 1. The Kier molecular flexibility index (Phi) is 6.60. The average molecular weight is 265 g/mol. The fraction of sp³-hybridized carbons (Fsp3) is 0.429. The predicted molar refractivity (Wildman–Crippen MR) is 70.8 cm³/mol. The summed E-state index contributed by atoms with van der Waals surface area (Å²) in [5.74, 6) is -1.32. The third kappa shape index (κ3) is 6.01. The SMILES string of the molecule is COCCC(=O)N[C@@H](CCc1ccccc1)C(=O)O. The van der Waals surface area contributed by atoms with Gasteiger partial charge in [-0.15, -0.1) is 0 Å². The molecule has 1 amide bonds. The topological polar surface area (TPSA) is 75.6 Å². The molecule has 2 N–H and O–H groups in total. The van der Waals surface area contributed by atoms with E-state index in [0.29, 0.717) is 12.8 Å². The summed E-state index contributed by atoms with van der Waals surface area (Å²) < 4.78 is 4.78. The van der Waals surface area contributed by atoms with Crippen molar-refractivity contribution in [3.63, 3.8) is 0 Å². The highest BCUT2D eigenvalue weighted by atomic mass is 16.5. The zero-order valence-corrected chi connectivity index (χ0v) is 11.0. The Morgan fingerprint density at radius 2 is 2.00 bits per heavy atom. The fourth-order valence-corrected chi connectivity index (χ4v) is 1.67. The van der Waals surface area contributed by atoms with Crippen LogP contribution < -0.4 is 5.32 Å². The maximum Gasteiger partial charge on any atom is 0.326 e. The van der Waals surface area contributed by atoms with E-state index in [1.807, 2.05) is 30.3 Å². The second-order valence-corrected chi connectivity index (χ2v) is 4.23. The van der Waals surface area contributed by atoms with Gasteiger partial charge in [-0.3, -0.25) is 4.79 Å². The van der Waals surface area contributed by atoms with Crippen LogP contribution in [0.5, 0.6) is 0 Å². The molecule has 0 aromatic heterocycles. The number of carboxylic acids is 1.